The van der Waals surface area contributed by atoms with Crippen molar-refractivity contribution in [1.29, 1.82) is 0 Å². The van der Waals surface area contributed by atoms with Crippen LogP contribution in [0.3, 0.4) is 0 Å². The van der Waals surface area contributed by atoms with Crippen LogP contribution in [0.4, 0.5) is 10.1 Å². The van der Waals surface area contributed by atoms with Crippen molar-refractivity contribution in [1.82, 2.24) is 14.8 Å². The predicted molar refractivity (Wildman–Crippen MR) is 150 cm³/mol. The Morgan fingerprint density at radius 3 is 2.54 bits per heavy atom. The molecule has 0 spiro atoms. The number of rotatable bonds is 10. The summed E-state index contributed by atoms with van der Waals surface area (Å²) in [7, 11) is 0. The van der Waals surface area contributed by atoms with E-state index in [2.05, 4.69) is 10.2 Å². The molecule has 1 fully saturated rings. The molecule has 5 rings (SSSR count). The summed E-state index contributed by atoms with van der Waals surface area (Å²) in [4.78, 5) is 26.8. The number of halogens is 1. The van der Waals surface area contributed by atoms with E-state index < -0.39 is 10.8 Å². The third-order valence-corrected chi connectivity index (χ3v) is 7.52. The van der Waals surface area contributed by atoms with Gasteiger partial charge in [-0.25, -0.2) is 4.39 Å². The number of hydrogen-bond acceptors (Lipinski definition) is 4. The molecule has 4 aromatic rings. The lowest BCUT2D eigenvalue weighted by Crippen LogP contribution is -2.38. The normalized spacial score (nSPS) is 14.8. The lowest BCUT2D eigenvalue weighted by Gasteiger charge is -2.26. The van der Waals surface area contributed by atoms with E-state index in [-0.39, 0.29) is 23.8 Å². The minimum Gasteiger partial charge on any atom is -0.355 e. The number of hydrogen-bond donors (Lipinski definition) is 1. The Morgan fingerprint density at radius 1 is 1.00 bits per heavy atom. The molecule has 1 aromatic heterocycles. The average molecular weight is 529 g/mol. The molecule has 202 valence electrons. The first-order chi connectivity index (χ1) is 19.0. The number of nitrogens with zero attached hydrogens (tertiary/aromatic N) is 3. The fourth-order valence-electron chi connectivity index (χ4n) is 5.54. The fraction of sp³-hybridized carbons (Fsp3) is 0.323. The summed E-state index contributed by atoms with van der Waals surface area (Å²) >= 11 is 0. The largest absolute Gasteiger partial charge is 0.355 e. The Morgan fingerprint density at radius 2 is 1.79 bits per heavy atom. The van der Waals surface area contributed by atoms with E-state index in [1.165, 1.54) is 37.5 Å². The SMILES string of the molecule is O=C(C[C@@H](c1cccc(F)c1)c1cn(Cc2ccccc2)c2ccc([N+](=O)[O-])cc12)NCCN1CCCCC1. The molecule has 1 saturated heterocycles. The minimum atomic E-state index is -0.475. The van der Waals surface area contributed by atoms with E-state index in [9.17, 15) is 19.3 Å². The van der Waals surface area contributed by atoms with E-state index in [1.807, 2.05) is 47.2 Å². The summed E-state index contributed by atoms with van der Waals surface area (Å²) in [6.07, 6.45) is 5.70. The van der Waals surface area contributed by atoms with Crippen LogP contribution in [0.15, 0.2) is 79.0 Å². The van der Waals surface area contributed by atoms with Crippen molar-refractivity contribution < 1.29 is 14.1 Å². The maximum absolute atomic E-state index is 14.4. The van der Waals surface area contributed by atoms with E-state index >= 15 is 0 Å². The number of non-ortho nitro benzene ring substituents is 1. The molecule has 0 bridgehead atoms. The Labute approximate surface area is 227 Å². The van der Waals surface area contributed by atoms with E-state index in [1.54, 1.807) is 18.2 Å². The van der Waals surface area contributed by atoms with Crippen LogP contribution in [0.25, 0.3) is 10.9 Å². The number of aromatic nitrogens is 1. The zero-order valence-electron chi connectivity index (χ0n) is 21.9. The lowest BCUT2D eigenvalue weighted by molar-refractivity contribution is -0.384. The Hall–Kier alpha value is -4.04. The molecule has 8 heteroatoms. The maximum atomic E-state index is 14.4. The number of carbonyl (C=O) groups excluding carboxylic acids is 1. The highest BCUT2D eigenvalue weighted by molar-refractivity contribution is 5.88. The van der Waals surface area contributed by atoms with Gasteiger partial charge in [-0.15, -0.1) is 0 Å². The number of piperidine rings is 1. The maximum Gasteiger partial charge on any atom is 0.270 e. The van der Waals surface area contributed by atoms with Crippen LogP contribution < -0.4 is 5.32 Å². The van der Waals surface area contributed by atoms with Crippen LogP contribution in [-0.2, 0) is 11.3 Å². The molecule has 1 aliphatic rings. The van der Waals surface area contributed by atoms with Crippen molar-refractivity contribution in [2.75, 3.05) is 26.2 Å². The first-order valence-electron chi connectivity index (χ1n) is 13.5. The third-order valence-electron chi connectivity index (χ3n) is 7.52. The van der Waals surface area contributed by atoms with Crippen molar-refractivity contribution >= 4 is 22.5 Å². The summed E-state index contributed by atoms with van der Waals surface area (Å²) in [6, 6.07) is 21.0. The number of benzene rings is 3. The molecular formula is C31H33FN4O3. The van der Waals surface area contributed by atoms with E-state index in [4.69, 9.17) is 0 Å². The van der Waals surface area contributed by atoms with Gasteiger partial charge in [-0.2, -0.15) is 0 Å². The van der Waals surface area contributed by atoms with Crippen LogP contribution in [0, 0.1) is 15.9 Å². The minimum absolute atomic E-state index is 0.0230. The second-order valence-corrected chi connectivity index (χ2v) is 10.2. The molecule has 1 atom stereocenters. The molecular weight excluding hydrogens is 495 g/mol. The van der Waals surface area contributed by atoms with Gasteiger partial charge in [0.1, 0.15) is 5.82 Å². The Kier molecular flexibility index (Phi) is 8.32. The number of nitro benzene ring substituents is 1. The summed E-state index contributed by atoms with van der Waals surface area (Å²) in [5.74, 6) is -0.991. The molecule has 0 saturated carbocycles. The number of nitrogens with one attached hydrogen (secondary N) is 1. The Bertz CT molecular complexity index is 1450. The number of amides is 1. The van der Waals surface area contributed by atoms with Crippen molar-refractivity contribution in [2.24, 2.45) is 0 Å². The first kappa shape index (κ1) is 26.6. The predicted octanol–water partition coefficient (Wildman–Crippen LogP) is 5.86. The van der Waals surface area contributed by atoms with Crippen molar-refractivity contribution in [3.05, 3.63) is 112 Å². The van der Waals surface area contributed by atoms with Crippen molar-refractivity contribution in [3.63, 3.8) is 0 Å². The van der Waals surface area contributed by atoms with Gasteiger partial charge in [0, 0.05) is 61.2 Å². The first-order valence-corrected chi connectivity index (χ1v) is 13.5. The molecule has 2 heterocycles. The average Bonchev–Trinajstić information content (AvgIpc) is 3.30. The van der Waals surface area contributed by atoms with Gasteiger partial charge in [0.05, 0.1) is 4.92 Å². The third kappa shape index (κ3) is 6.52. The van der Waals surface area contributed by atoms with Gasteiger partial charge in [0.25, 0.3) is 5.69 Å². The fourth-order valence-corrected chi connectivity index (χ4v) is 5.54. The topological polar surface area (TPSA) is 80.4 Å². The van der Waals surface area contributed by atoms with Gasteiger partial charge >= 0.3 is 0 Å². The number of carbonyl (C=O) groups is 1. The van der Waals surface area contributed by atoms with Crippen LogP contribution in [0.2, 0.25) is 0 Å². The monoisotopic (exact) mass is 528 g/mol. The highest BCUT2D eigenvalue weighted by Crippen LogP contribution is 2.37. The number of likely N-dealkylation sites (tertiary alicyclic amines) is 1. The summed E-state index contributed by atoms with van der Waals surface area (Å²) in [5.41, 5.74) is 3.31. The van der Waals surface area contributed by atoms with Crippen molar-refractivity contribution in [3.8, 4) is 0 Å². The second kappa shape index (κ2) is 12.2. The molecule has 0 radical (unpaired) electrons. The molecule has 39 heavy (non-hydrogen) atoms. The molecule has 0 unspecified atom stereocenters. The van der Waals surface area contributed by atoms with Crippen LogP contribution in [0.1, 0.15) is 48.3 Å². The molecule has 1 amide bonds. The lowest BCUT2D eigenvalue weighted by atomic mass is 9.88. The highest BCUT2D eigenvalue weighted by Gasteiger charge is 2.25. The summed E-state index contributed by atoms with van der Waals surface area (Å²) < 4.78 is 16.4. The quantitative estimate of drug-likeness (QED) is 0.207. The smallest absolute Gasteiger partial charge is 0.270 e. The molecule has 1 aliphatic heterocycles. The van der Waals surface area contributed by atoms with Gasteiger partial charge in [-0.3, -0.25) is 14.9 Å². The van der Waals surface area contributed by atoms with E-state index in [0.717, 1.165) is 36.3 Å². The molecule has 0 aliphatic carbocycles. The van der Waals surface area contributed by atoms with Crippen LogP contribution >= 0.6 is 0 Å². The van der Waals surface area contributed by atoms with Crippen LogP contribution in [0.5, 0.6) is 0 Å². The molecule has 1 N–H and O–H groups in total. The second-order valence-electron chi connectivity index (χ2n) is 10.2. The number of fused-ring (bicyclic) bond motifs is 1. The zero-order valence-corrected chi connectivity index (χ0v) is 21.9. The number of nitro groups is 1. The highest BCUT2D eigenvalue weighted by atomic mass is 19.1. The standard InChI is InChI=1S/C31H33FN4O3/c32-25-11-7-10-24(18-25)27(20-31(37)33-14-17-34-15-5-2-6-16-34)29-22-35(21-23-8-3-1-4-9-23)30-13-12-26(36(38)39)19-28(29)30/h1,3-4,7-13,18-19,22,27H,2,5-6,14-17,20-21H2,(H,33,37)/t27-/m0/s1. The van der Waals surface area contributed by atoms with Crippen LogP contribution in [-0.4, -0.2) is 46.5 Å². The summed E-state index contributed by atoms with van der Waals surface area (Å²) in [6.45, 7) is 4.03. The molecule has 7 nitrogen and oxygen atoms in total. The molecule has 3 aromatic carbocycles. The van der Waals surface area contributed by atoms with Gasteiger partial charge in [-0.1, -0.05) is 48.9 Å². The van der Waals surface area contributed by atoms with Gasteiger partial charge in [0.2, 0.25) is 5.91 Å². The van der Waals surface area contributed by atoms with Gasteiger partial charge < -0.3 is 14.8 Å². The van der Waals surface area contributed by atoms with Gasteiger partial charge in [0.15, 0.2) is 0 Å². The van der Waals surface area contributed by atoms with E-state index in [0.29, 0.717) is 24.0 Å². The van der Waals surface area contributed by atoms with Gasteiger partial charge in [-0.05, 0) is 60.8 Å². The Balaban J connectivity index is 1.48. The summed E-state index contributed by atoms with van der Waals surface area (Å²) in [5, 5.41) is 15.4. The zero-order chi connectivity index (χ0) is 27.2. The van der Waals surface area contributed by atoms with Crippen molar-refractivity contribution in [2.45, 2.75) is 38.1 Å².